The lowest BCUT2D eigenvalue weighted by atomic mass is 9.92. The third-order valence-corrected chi connectivity index (χ3v) is 19.4. The van der Waals surface area contributed by atoms with Crippen LogP contribution in [0.25, 0.3) is 6.08 Å². The monoisotopic (exact) mass is 583 g/mol. The predicted molar refractivity (Wildman–Crippen MR) is 168 cm³/mol. The Labute approximate surface area is 240 Å². The van der Waals surface area contributed by atoms with Gasteiger partial charge in [-0.15, -0.1) is 11.3 Å². The summed E-state index contributed by atoms with van der Waals surface area (Å²) in [6.45, 7) is 21.2. The molecule has 1 saturated heterocycles. The maximum Gasteiger partial charge on any atom is 0.192 e. The second-order valence-electron chi connectivity index (χ2n) is 11.6. The highest BCUT2D eigenvalue weighted by atomic mass is 32.1. The second kappa shape index (κ2) is 15.6. The number of rotatable bonds is 20. The fraction of sp³-hybridized carbons (Fsp3) is 0.833. The highest BCUT2D eigenvalue weighted by Crippen LogP contribution is 2.45. The summed E-state index contributed by atoms with van der Waals surface area (Å²) in [6.07, 6.45) is 6.10. The molecule has 0 unspecified atom stereocenters. The molecule has 5 nitrogen and oxygen atoms in total. The van der Waals surface area contributed by atoms with Crippen LogP contribution in [0.4, 0.5) is 0 Å². The van der Waals surface area contributed by atoms with Gasteiger partial charge < -0.3 is 18.7 Å². The van der Waals surface area contributed by atoms with Crippen molar-refractivity contribution in [3.63, 3.8) is 0 Å². The molecule has 0 aromatic carbocycles. The van der Waals surface area contributed by atoms with Gasteiger partial charge in [-0.2, -0.15) is 0 Å². The zero-order valence-electron chi connectivity index (χ0n) is 25.9. The molecule has 2 heterocycles. The summed E-state index contributed by atoms with van der Waals surface area (Å²) in [5.41, 5.74) is 1.81. The number of hydrogen-bond donors (Lipinski definition) is 1. The number of hydrogen-bond acceptors (Lipinski definition) is 6. The van der Waals surface area contributed by atoms with E-state index in [0.717, 1.165) is 61.1 Å². The maximum atomic E-state index is 10.4. The van der Waals surface area contributed by atoms with Gasteiger partial charge in [0.1, 0.15) is 5.60 Å². The van der Waals surface area contributed by atoms with Gasteiger partial charge in [-0.3, -0.25) is 0 Å². The molecular formula is C30H57NO4SSi2. The van der Waals surface area contributed by atoms with E-state index in [1.807, 2.05) is 6.92 Å². The van der Waals surface area contributed by atoms with Gasteiger partial charge in [0.15, 0.2) is 16.6 Å². The quantitative estimate of drug-likeness (QED) is 0.123. The Hall–Kier alpha value is -0.356. The molecule has 38 heavy (non-hydrogen) atoms. The first-order valence-corrected chi connectivity index (χ1v) is 21.2. The van der Waals surface area contributed by atoms with Crippen LogP contribution in [0.15, 0.2) is 11.0 Å². The molecule has 1 aliphatic heterocycles. The highest BCUT2D eigenvalue weighted by Gasteiger charge is 2.56. The summed E-state index contributed by atoms with van der Waals surface area (Å²) >= 11 is 1.68. The molecule has 0 aliphatic carbocycles. The number of nitrogens with zero attached hydrogens (tertiary/aromatic N) is 1. The van der Waals surface area contributed by atoms with Crippen molar-refractivity contribution < 1.29 is 18.7 Å². The van der Waals surface area contributed by atoms with Crippen LogP contribution < -0.4 is 0 Å². The van der Waals surface area contributed by atoms with E-state index in [1.165, 1.54) is 23.7 Å². The summed E-state index contributed by atoms with van der Waals surface area (Å²) in [5.74, 6) is 0.535. The number of aryl methyl sites for hydroxylation is 1. The lowest BCUT2D eigenvalue weighted by molar-refractivity contribution is 0.156. The van der Waals surface area contributed by atoms with Crippen LogP contribution in [-0.2, 0) is 13.6 Å². The van der Waals surface area contributed by atoms with Gasteiger partial charge in [0.25, 0.3) is 0 Å². The number of epoxide rings is 1. The summed E-state index contributed by atoms with van der Waals surface area (Å²) in [5, 5.41) is 13.6. The Balaban J connectivity index is 2.02. The average molecular weight is 584 g/mol. The van der Waals surface area contributed by atoms with Crippen molar-refractivity contribution >= 4 is 34.0 Å². The Morgan fingerprint density at radius 1 is 1.11 bits per heavy atom. The Kier molecular flexibility index (Phi) is 13.9. The zero-order valence-corrected chi connectivity index (χ0v) is 28.7. The van der Waals surface area contributed by atoms with Gasteiger partial charge in [0, 0.05) is 18.4 Å². The molecule has 220 valence electrons. The Morgan fingerprint density at radius 2 is 1.71 bits per heavy atom. The molecule has 1 fully saturated rings. The lowest BCUT2D eigenvalue weighted by Crippen LogP contribution is -2.41. The zero-order chi connectivity index (χ0) is 28.4. The molecule has 8 heteroatoms. The van der Waals surface area contributed by atoms with Crippen LogP contribution in [0, 0.1) is 12.8 Å². The van der Waals surface area contributed by atoms with E-state index in [0.29, 0.717) is 5.92 Å². The fourth-order valence-electron chi connectivity index (χ4n) is 5.75. The molecule has 0 saturated carbocycles. The van der Waals surface area contributed by atoms with E-state index in [1.54, 1.807) is 11.3 Å². The minimum absolute atomic E-state index is 0.00415. The number of thiazole rings is 1. The molecule has 1 aromatic heterocycles. The van der Waals surface area contributed by atoms with Crippen molar-refractivity contribution in [3.05, 3.63) is 21.7 Å². The van der Waals surface area contributed by atoms with Crippen molar-refractivity contribution in [2.24, 2.45) is 5.92 Å². The predicted octanol–water partition coefficient (Wildman–Crippen LogP) is 8.59. The molecule has 0 radical (unpaired) electrons. The lowest BCUT2D eigenvalue weighted by Gasteiger charge is -2.34. The van der Waals surface area contributed by atoms with Crippen LogP contribution in [0.1, 0.15) is 91.8 Å². The standard InChI is InChI=1S/C30H57NO4SSi2/c1-10-37(11-2,12-3)33-21-24(7)17-16-18-30(23-32)29(34-30)20-28(35-38(13-4,14-5)15-6)25(8)19-27-22-36-26(9)31-27/h19,22,24,28-29,32H,10-18,20-21,23H2,1-9H3/b25-19+/t24-,28-,29-,30-/m0/s1. The molecular weight excluding hydrogens is 527 g/mol. The van der Waals surface area contributed by atoms with E-state index < -0.39 is 22.2 Å². The average Bonchev–Trinajstić information content (AvgIpc) is 3.46. The number of aromatic nitrogens is 1. The SMILES string of the molecule is CC[Si](CC)(CC)OC[C@@H](C)CCC[C@@]1(CO)O[C@H]1C[C@H](O[Si](CC)(CC)CC)/C(C)=C/c1csc(C)n1. The number of aliphatic hydroxyl groups is 1. The number of aliphatic hydroxyl groups excluding tert-OH is 1. The molecule has 1 N–H and O–H groups in total. The van der Waals surface area contributed by atoms with Gasteiger partial charge in [-0.25, -0.2) is 4.98 Å². The van der Waals surface area contributed by atoms with Crippen molar-refractivity contribution in [1.82, 2.24) is 4.98 Å². The summed E-state index contributed by atoms with van der Waals surface area (Å²) < 4.78 is 19.8. The molecule has 1 aliphatic rings. The summed E-state index contributed by atoms with van der Waals surface area (Å²) in [4.78, 5) is 4.65. The second-order valence-corrected chi connectivity index (χ2v) is 22.2. The third kappa shape index (κ3) is 9.08. The van der Waals surface area contributed by atoms with Gasteiger partial charge >= 0.3 is 0 Å². The van der Waals surface area contributed by atoms with Crippen LogP contribution in [0.5, 0.6) is 0 Å². The van der Waals surface area contributed by atoms with Crippen LogP contribution in [-0.4, -0.2) is 57.7 Å². The topological polar surface area (TPSA) is 64.1 Å². The first kappa shape index (κ1) is 33.8. The molecule has 1 aromatic rings. The fourth-order valence-corrected chi connectivity index (χ4v) is 12.0. The molecule has 2 rings (SSSR count). The summed E-state index contributed by atoms with van der Waals surface area (Å²) in [7, 11) is -3.34. The summed E-state index contributed by atoms with van der Waals surface area (Å²) in [6, 6.07) is 6.96. The van der Waals surface area contributed by atoms with E-state index in [4.69, 9.17) is 13.6 Å². The molecule has 0 spiro atoms. The maximum absolute atomic E-state index is 10.4. The van der Waals surface area contributed by atoms with Crippen molar-refractivity contribution in [2.75, 3.05) is 13.2 Å². The van der Waals surface area contributed by atoms with Gasteiger partial charge in [-0.1, -0.05) is 54.9 Å². The van der Waals surface area contributed by atoms with Crippen molar-refractivity contribution in [2.45, 2.75) is 142 Å². The van der Waals surface area contributed by atoms with E-state index in [9.17, 15) is 5.11 Å². The Morgan fingerprint density at radius 3 is 2.21 bits per heavy atom. The normalized spacial score (nSPS) is 22.1. The largest absolute Gasteiger partial charge is 0.417 e. The van der Waals surface area contributed by atoms with Crippen LogP contribution in [0.3, 0.4) is 0 Å². The minimum atomic E-state index is -1.81. The van der Waals surface area contributed by atoms with Gasteiger partial charge in [0.05, 0.1) is 29.5 Å². The third-order valence-electron chi connectivity index (χ3n) is 9.35. The van der Waals surface area contributed by atoms with Crippen LogP contribution >= 0.6 is 11.3 Å². The Bertz CT molecular complexity index is 839. The molecule has 4 atom stereocenters. The number of ether oxygens (including phenoxy) is 1. The van der Waals surface area contributed by atoms with Crippen molar-refractivity contribution in [3.8, 4) is 0 Å². The minimum Gasteiger partial charge on any atom is -0.417 e. The highest BCUT2D eigenvalue weighted by molar-refractivity contribution is 7.09. The van der Waals surface area contributed by atoms with E-state index in [2.05, 4.69) is 71.8 Å². The van der Waals surface area contributed by atoms with E-state index in [-0.39, 0.29) is 18.8 Å². The molecule has 0 amide bonds. The van der Waals surface area contributed by atoms with Crippen molar-refractivity contribution in [1.29, 1.82) is 0 Å². The van der Waals surface area contributed by atoms with Gasteiger partial charge in [-0.05, 0) is 80.5 Å². The smallest absolute Gasteiger partial charge is 0.192 e. The van der Waals surface area contributed by atoms with Crippen LogP contribution in [0.2, 0.25) is 36.3 Å². The first-order valence-electron chi connectivity index (χ1n) is 15.3. The first-order chi connectivity index (χ1) is 18.1. The van der Waals surface area contributed by atoms with Gasteiger partial charge in [0.2, 0.25) is 0 Å². The molecule has 0 bridgehead atoms. The van der Waals surface area contributed by atoms with E-state index >= 15 is 0 Å².